The Morgan fingerprint density at radius 2 is 1.76 bits per heavy atom. The lowest BCUT2D eigenvalue weighted by Gasteiger charge is -2.20. The average molecular weight is 418 g/mol. The molecular formula is C21H24ClN3O4. The quantitative estimate of drug-likeness (QED) is 0.570. The standard InChI is InChI=1S/C21H24ClN3O4/c1-3-14-8-10-15(11-9-14)24-20(27)13(2)29-19(26)12-18(25-21(23)28)16-6-4-5-7-17(16)22/h4-11,13,18H,3,12H2,1-2H3,(H,24,27)(H3,23,25,28)/t13-,18+/m1/s1. The van der Waals surface area contributed by atoms with Crippen LogP contribution < -0.4 is 16.4 Å². The van der Waals surface area contributed by atoms with E-state index in [0.717, 1.165) is 12.0 Å². The Balaban J connectivity index is 1.98. The molecule has 2 rings (SSSR count). The van der Waals surface area contributed by atoms with Crippen molar-refractivity contribution >= 4 is 35.2 Å². The van der Waals surface area contributed by atoms with Gasteiger partial charge in [-0.25, -0.2) is 4.79 Å². The lowest BCUT2D eigenvalue weighted by atomic mass is 10.0. The van der Waals surface area contributed by atoms with E-state index in [-0.39, 0.29) is 6.42 Å². The van der Waals surface area contributed by atoms with E-state index in [1.54, 1.807) is 36.4 Å². The Hall–Kier alpha value is -3.06. The third kappa shape index (κ3) is 6.80. The van der Waals surface area contributed by atoms with Crippen molar-refractivity contribution in [3.63, 3.8) is 0 Å². The minimum Gasteiger partial charge on any atom is -0.452 e. The first-order valence-corrected chi connectivity index (χ1v) is 9.57. The second-order valence-corrected chi connectivity index (χ2v) is 6.87. The summed E-state index contributed by atoms with van der Waals surface area (Å²) in [6.45, 7) is 3.51. The van der Waals surface area contributed by atoms with Gasteiger partial charge in [0.1, 0.15) is 0 Å². The number of nitrogens with two attached hydrogens (primary N) is 1. The fourth-order valence-corrected chi connectivity index (χ4v) is 2.97. The van der Waals surface area contributed by atoms with Gasteiger partial charge in [0, 0.05) is 10.7 Å². The molecule has 3 amide bonds. The van der Waals surface area contributed by atoms with Crippen LogP contribution in [0.5, 0.6) is 0 Å². The fraction of sp³-hybridized carbons (Fsp3) is 0.286. The predicted molar refractivity (Wildman–Crippen MR) is 112 cm³/mol. The highest BCUT2D eigenvalue weighted by Gasteiger charge is 2.24. The molecule has 0 spiro atoms. The van der Waals surface area contributed by atoms with E-state index in [9.17, 15) is 14.4 Å². The van der Waals surface area contributed by atoms with E-state index in [1.165, 1.54) is 6.92 Å². The molecule has 4 N–H and O–H groups in total. The molecule has 0 heterocycles. The minimum absolute atomic E-state index is 0.227. The van der Waals surface area contributed by atoms with Gasteiger partial charge in [-0.15, -0.1) is 0 Å². The zero-order chi connectivity index (χ0) is 21.4. The number of hydrogen-bond donors (Lipinski definition) is 3. The van der Waals surface area contributed by atoms with Crippen LogP contribution in [-0.2, 0) is 20.7 Å². The molecule has 2 aromatic rings. The van der Waals surface area contributed by atoms with Gasteiger partial charge < -0.3 is 21.1 Å². The molecule has 0 saturated heterocycles. The number of urea groups is 1. The molecule has 0 unspecified atom stereocenters. The predicted octanol–water partition coefficient (Wildman–Crippen LogP) is 3.57. The first kappa shape index (κ1) is 22.2. The van der Waals surface area contributed by atoms with Gasteiger partial charge in [0.05, 0.1) is 12.5 Å². The lowest BCUT2D eigenvalue weighted by molar-refractivity contribution is -0.153. The number of benzene rings is 2. The van der Waals surface area contributed by atoms with Crippen molar-refractivity contribution in [2.45, 2.75) is 38.8 Å². The number of primary amides is 1. The summed E-state index contributed by atoms with van der Waals surface area (Å²) in [5, 5.41) is 5.55. The molecule has 0 radical (unpaired) electrons. The van der Waals surface area contributed by atoms with E-state index in [4.69, 9.17) is 22.1 Å². The maximum Gasteiger partial charge on any atom is 0.312 e. The molecule has 154 valence electrons. The summed E-state index contributed by atoms with van der Waals surface area (Å²) in [7, 11) is 0. The number of aryl methyl sites for hydroxylation is 1. The molecule has 29 heavy (non-hydrogen) atoms. The summed E-state index contributed by atoms with van der Waals surface area (Å²) in [6.07, 6.45) is -0.349. The monoisotopic (exact) mass is 417 g/mol. The number of nitrogens with one attached hydrogen (secondary N) is 2. The van der Waals surface area contributed by atoms with Crippen LogP contribution in [0.1, 0.15) is 37.4 Å². The van der Waals surface area contributed by atoms with E-state index >= 15 is 0 Å². The molecule has 2 aromatic carbocycles. The molecule has 0 aliphatic rings. The lowest BCUT2D eigenvalue weighted by Crippen LogP contribution is -2.36. The van der Waals surface area contributed by atoms with Gasteiger partial charge in [-0.3, -0.25) is 9.59 Å². The average Bonchev–Trinajstić information content (AvgIpc) is 2.68. The Kier molecular flexibility index (Phi) is 8.03. The minimum atomic E-state index is -1.02. The van der Waals surface area contributed by atoms with Gasteiger partial charge >= 0.3 is 12.0 Å². The molecule has 8 heteroatoms. The van der Waals surface area contributed by atoms with E-state index in [0.29, 0.717) is 16.3 Å². The van der Waals surface area contributed by atoms with Gasteiger partial charge in [0.25, 0.3) is 5.91 Å². The van der Waals surface area contributed by atoms with Crippen LogP contribution in [0.4, 0.5) is 10.5 Å². The smallest absolute Gasteiger partial charge is 0.312 e. The number of esters is 1. The Bertz CT molecular complexity index is 870. The van der Waals surface area contributed by atoms with Crippen LogP contribution in [-0.4, -0.2) is 24.0 Å². The van der Waals surface area contributed by atoms with Gasteiger partial charge in [-0.2, -0.15) is 0 Å². The molecule has 2 atom stereocenters. The summed E-state index contributed by atoms with van der Waals surface area (Å²) >= 11 is 6.15. The molecule has 7 nitrogen and oxygen atoms in total. The van der Waals surface area contributed by atoms with Crippen LogP contribution in [0, 0.1) is 0 Å². The second-order valence-electron chi connectivity index (χ2n) is 6.46. The largest absolute Gasteiger partial charge is 0.452 e. The number of anilines is 1. The summed E-state index contributed by atoms with van der Waals surface area (Å²) in [4.78, 5) is 35.9. The van der Waals surface area contributed by atoms with Crippen molar-refractivity contribution in [1.29, 1.82) is 0 Å². The Morgan fingerprint density at radius 1 is 1.10 bits per heavy atom. The second kappa shape index (κ2) is 10.5. The zero-order valence-corrected chi connectivity index (χ0v) is 17.0. The van der Waals surface area contributed by atoms with Crippen LogP contribution in [0.3, 0.4) is 0 Å². The summed E-state index contributed by atoms with van der Waals surface area (Å²) in [6, 6.07) is 12.6. The number of carbonyl (C=O) groups excluding carboxylic acids is 3. The third-order valence-electron chi connectivity index (χ3n) is 4.28. The molecule has 0 aromatic heterocycles. The number of amides is 3. The highest BCUT2D eigenvalue weighted by molar-refractivity contribution is 6.31. The van der Waals surface area contributed by atoms with Crippen LogP contribution in [0.2, 0.25) is 5.02 Å². The molecule has 0 saturated carbocycles. The van der Waals surface area contributed by atoms with Crippen LogP contribution in [0.15, 0.2) is 48.5 Å². The van der Waals surface area contributed by atoms with Crippen molar-refractivity contribution < 1.29 is 19.1 Å². The molecule has 0 aliphatic carbocycles. The zero-order valence-electron chi connectivity index (χ0n) is 16.3. The number of ether oxygens (including phenoxy) is 1. The topological polar surface area (TPSA) is 111 Å². The van der Waals surface area contributed by atoms with Crippen molar-refractivity contribution in [3.05, 3.63) is 64.7 Å². The van der Waals surface area contributed by atoms with Gasteiger partial charge in [-0.05, 0) is 42.7 Å². The number of halogens is 1. The SMILES string of the molecule is CCc1ccc(NC(=O)[C@@H](C)OC(=O)C[C@H](NC(N)=O)c2ccccc2Cl)cc1. The van der Waals surface area contributed by atoms with Gasteiger partial charge in [0.2, 0.25) is 0 Å². The third-order valence-corrected chi connectivity index (χ3v) is 4.62. The molecule has 0 bridgehead atoms. The van der Waals surface area contributed by atoms with Gasteiger partial charge in [-0.1, -0.05) is 48.9 Å². The molecular weight excluding hydrogens is 394 g/mol. The molecule has 0 fully saturated rings. The van der Waals surface area contributed by atoms with E-state index in [1.807, 2.05) is 19.1 Å². The van der Waals surface area contributed by atoms with Gasteiger partial charge in [0.15, 0.2) is 6.10 Å². The Morgan fingerprint density at radius 3 is 2.34 bits per heavy atom. The fourth-order valence-electron chi connectivity index (χ4n) is 2.70. The van der Waals surface area contributed by atoms with Crippen molar-refractivity contribution in [3.8, 4) is 0 Å². The maximum absolute atomic E-state index is 12.3. The summed E-state index contributed by atoms with van der Waals surface area (Å²) in [5.41, 5.74) is 7.49. The first-order valence-electron chi connectivity index (χ1n) is 9.19. The summed E-state index contributed by atoms with van der Waals surface area (Å²) in [5.74, 6) is -1.13. The van der Waals surface area contributed by atoms with Crippen molar-refractivity contribution in [2.75, 3.05) is 5.32 Å². The van der Waals surface area contributed by atoms with Crippen LogP contribution in [0.25, 0.3) is 0 Å². The number of rotatable bonds is 8. The van der Waals surface area contributed by atoms with Crippen molar-refractivity contribution in [2.24, 2.45) is 5.73 Å². The maximum atomic E-state index is 12.3. The number of carbonyl (C=O) groups is 3. The number of hydrogen-bond acceptors (Lipinski definition) is 4. The summed E-state index contributed by atoms with van der Waals surface area (Å²) < 4.78 is 5.22. The first-order chi connectivity index (χ1) is 13.8. The van der Waals surface area contributed by atoms with E-state index in [2.05, 4.69) is 10.6 Å². The van der Waals surface area contributed by atoms with Crippen LogP contribution >= 0.6 is 11.6 Å². The Labute approximate surface area is 174 Å². The normalized spacial score (nSPS) is 12.5. The highest BCUT2D eigenvalue weighted by Crippen LogP contribution is 2.25. The van der Waals surface area contributed by atoms with E-state index < -0.39 is 30.1 Å². The highest BCUT2D eigenvalue weighted by atomic mass is 35.5. The molecule has 0 aliphatic heterocycles. The van der Waals surface area contributed by atoms with Crippen molar-refractivity contribution in [1.82, 2.24) is 5.32 Å².